The molecule has 140 valence electrons. The maximum Gasteiger partial charge on any atom is 0.272 e. The molecule has 0 saturated carbocycles. The van der Waals surface area contributed by atoms with Crippen molar-refractivity contribution in [3.05, 3.63) is 54.2 Å². The quantitative estimate of drug-likeness (QED) is 0.698. The van der Waals surface area contributed by atoms with E-state index in [4.69, 9.17) is 4.98 Å². The molecule has 6 heteroatoms. The van der Waals surface area contributed by atoms with Gasteiger partial charge in [-0.05, 0) is 42.5 Å². The number of hydrogen-bond acceptors (Lipinski definition) is 4. The number of carbonyl (C=O) groups is 1. The van der Waals surface area contributed by atoms with Crippen LogP contribution in [0.25, 0.3) is 11.2 Å². The van der Waals surface area contributed by atoms with Crippen LogP contribution in [0.3, 0.4) is 0 Å². The van der Waals surface area contributed by atoms with Crippen molar-refractivity contribution in [2.45, 2.75) is 33.2 Å². The number of hydrogen-bond donors (Lipinski definition) is 0. The predicted octanol–water partition coefficient (Wildman–Crippen LogP) is 3.19. The highest BCUT2D eigenvalue weighted by Crippen LogP contribution is 2.24. The second-order valence-electron chi connectivity index (χ2n) is 7.70. The molecular weight excluding hydrogens is 338 g/mol. The van der Waals surface area contributed by atoms with Crippen LogP contribution >= 0.6 is 0 Å². The standard InChI is InChI=1S/C21H25N5O/c1-15(2)13-26-19(24-17-7-5-10-23-20(17)26)12-16-8-11-25(14-16)21(27)18-6-3-4-9-22-18/h3-7,9-10,15-16H,8,11-14H2,1-2H3/t16-/m0/s1. The predicted molar refractivity (Wildman–Crippen MR) is 104 cm³/mol. The topological polar surface area (TPSA) is 63.9 Å². The lowest BCUT2D eigenvalue weighted by atomic mass is 10.0. The highest BCUT2D eigenvalue weighted by molar-refractivity contribution is 5.92. The van der Waals surface area contributed by atoms with Gasteiger partial charge in [0.05, 0.1) is 0 Å². The van der Waals surface area contributed by atoms with Crippen molar-refractivity contribution in [2.75, 3.05) is 13.1 Å². The van der Waals surface area contributed by atoms with E-state index in [1.54, 1.807) is 12.3 Å². The third-order valence-corrected chi connectivity index (χ3v) is 5.06. The maximum atomic E-state index is 12.6. The van der Waals surface area contributed by atoms with Crippen LogP contribution in [-0.4, -0.2) is 43.4 Å². The van der Waals surface area contributed by atoms with Crippen LogP contribution < -0.4 is 0 Å². The molecule has 4 heterocycles. The lowest BCUT2D eigenvalue weighted by molar-refractivity contribution is 0.0781. The van der Waals surface area contributed by atoms with Gasteiger partial charge < -0.3 is 9.47 Å². The van der Waals surface area contributed by atoms with E-state index in [9.17, 15) is 4.79 Å². The van der Waals surface area contributed by atoms with Crippen LogP contribution in [0.1, 0.15) is 36.6 Å². The molecule has 6 nitrogen and oxygen atoms in total. The van der Waals surface area contributed by atoms with Gasteiger partial charge in [-0.2, -0.15) is 0 Å². The molecule has 0 aromatic carbocycles. The smallest absolute Gasteiger partial charge is 0.272 e. The van der Waals surface area contributed by atoms with Crippen molar-refractivity contribution in [1.82, 2.24) is 24.4 Å². The molecule has 4 rings (SSSR count). The molecule has 1 aliphatic heterocycles. The Labute approximate surface area is 159 Å². The van der Waals surface area contributed by atoms with Gasteiger partial charge in [0.25, 0.3) is 5.91 Å². The molecular formula is C21H25N5O. The Bertz CT molecular complexity index is 934. The molecule has 3 aromatic rings. The Hall–Kier alpha value is -2.76. The van der Waals surface area contributed by atoms with Crippen molar-refractivity contribution in [3.8, 4) is 0 Å². The van der Waals surface area contributed by atoms with Crippen molar-refractivity contribution in [1.29, 1.82) is 0 Å². The number of nitrogens with zero attached hydrogens (tertiary/aromatic N) is 5. The SMILES string of the molecule is CC(C)Cn1c(C[C@@H]2CCN(C(=O)c3ccccn3)C2)nc2cccnc21. The average Bonchev–Trinajstić information content (AvgIpc) is 3.27. The monoisotopic (exact) mass is 363 g/mol. The highest BCUT2D eigenvalue weighted by Gasteiger charge is 2.29. The number of likely N-dealkylation sites (tertiary alicyclic amines) is 1. The minimum atomic E-state index is 0.0236. The van der Waals surface area contributed by atoms with Gasteiger partial charge in [0, 0.05) is 38.4 Å². The van der Waals surface area contributed by atoms with Gasteiger partial charge in [0.2, 0.25) is 0 Å². The Balaban J connectivity index is 1.51. The summed E-state index contributed by atoms with van der Waals surface area (Å²) in [5, 5.41) is 0. The van der Waals surface area contributed by atoms with E-state index in [2.05, 4.69) is 28.4 Å². The number of aromatic nitrogens is 4. The fourth-order valence-electron chi connectivity index (χ4n) is 3.81. The molecule has 1 aliphatic rings. The third-order valence-electron chi connectivity index (χ3n) is 5.06. The van der Waals surface area contributed by atoms with Gasteiger partial charge >= 0.3 is 0 Å². The molecule has 0 unspecified atom stereocenters. The molecule has 27 heavy (non-hydrogen) atoms. The van der Waals surface area contributed by atoms with Crippen LogP contribution in [0.2, 0.25) is 0 Å². The fraction of sp³-hybridized carbons (Fsp3) is 0.429. The van der Waals surface area contributed by atoms with Crippen molar-refractivity contribution >= 4 is 17.1 Å². The minimum absolute atomic E-state index is 0.0236. The Morgan fingerprint density at radius 1 is 1.19 bits per heavy atom. The van der Waals surface area contributed by atoms with Crippen molar-refractivity contribution in [2.24, 2.45) is 11.8 Å². The molecule has 1 atom stereocenters. The van der Waals surface area contributed by atoms with Crippen LogP contribution in [0.4, 0.5) is 0 Å². The molecule has 0 radical (unpaired) electrons. The third kappa shape index (κ3) is 3.70. The van der Waals surface area contributed by atoms with E-state index < -0.39 is 0 Å². The first-order chi connectivity index (χ1) is 13.1. The van der Waals surface area contributed by atoms with E-state index in [0.29, 0.717) is 17.5 Å². The summed E-state index contributed by atoms with van der Waals surface area (Å²) in [5.74, 6) is 2.04. The minimum Gasteiger partial charge on any atom is -0.337 e. The maximum absolute atomic E-state index is 12.6. The normalized spacial score (nSPS) is 17.1. The molecule has 1 fully saturated rings. The molecule has 0 spiro atoms. The number of imidazole rings is 1. The summed E-state index contributed by atoms with van der Waals surface area (Å²) in [6.45, 7) is 6.87. The zero-order valence-corrected chi connectivity index (χ0v) is 15.9. The van der Waals surface area contributed by atoms with Gasteiger partial charge in [-0.3, -0.25) is 9.78 Å². The first kappa shape index (κ1) is 17.6. The number of rotatable bonds is 5. The number of pyridine rings is 2. The lowest BCUT2D eigenvalue weighted by Gasteiger charge is -2.17. The van der Waals surface area contributed by atoms with Crippen LogP contribution in [0.15, 0.2) is 42.7 Å². The van der Waals surface area contributed by atoms with Gasteiger partial charge in [0.15, 0.2) is 5.65 Å². The molecule has 1 amide bonds. The van der Waals surface area contributed by atoms with Gasteiger partial charge in [-0.1, -0.05) is 19.9 Å². The summed E-state index contributed by atoms with van der Waals surface area (Å²) in [7, 11) is 0. The zero-order valence-electron chi connectivity index (χ0n) is 15.9. The lowest BCUT2D eigenvalue weighted by Crippen LogP contribution is -2.29. The summed E-state index contributed by atoms with van der Waals surface area (Å²) >= 11 is 0. The molecule has 0 bridgehead atoms. The second-order valence-corrected chi connectivity index (χ2v) is 7.70. The van der Waals surface area contributed by atoms with Crippen molar-refractivity contribution in [3.63, 3.8) is 0 Å². The van der Waals surface area contributed by atoms with E-state index in [1.165, 1.54) is 0 Å². The molecule has 1 saturated heterocycles. The Morgan fingerprint density at radius 3 is 2.81 bits per heavy atom. The summed E-state index contributed by atoms with van der Waals surface area (Å²) in [4.78, 5) is 28.1. The van der Waals surface area contributed by atoms with Crippen LogP contribution in [0, 0.1) is 11.8 Å². The van der Waals surface area contributed by atoms with Gasteiger partial charge in [-0.15, -0.1) is 0 Å². The summed E-state index contributed by atoms with van der Waals surface area (Å²) in [6.07, 6.45) is 5.36. The first-order valence-corrected chi connectivity index (χ1v) is 9.62. The second kappa shape index (κ2) is 7.47. The first-order valence-electron chi connectivity index (χ1n) is 9.62. The number of fused-ring (bicyclic) bond motifs is 1. The number of carbonyl (C=O) groups excluding carboxylic acids is 1. The van der Waals surface area contributed by atoms with Gasteiger partial charge in [-0.25, -0.2) is 9.97 Å². The summed E-state index contributed by atoms with van der Waals surface area (Å²) in [5.41, 5.74) is 2.43. The fourth-order valence-corrected chi connectivity index (χ4v) is 3.81. The van der Waals surface area contributed by atoms with E-state index >= 15 is 0 Å². The van der Waals surface area contributed by atoms with E-state index in [0.717, 1.165) is 49.5 Å². The van der Waals surface area contributed by atoms with E-state index in [-0.39, 0.29) is 5.91 Å². The molecule has 3 aromatic heterocycles. The largest absolute Gasteiger partial charge is 0.337 e. The summed E-state index contributed by atoms with van der Waals surface area (Å²) < 4.78 is 2.25. The van der Waals surface area contributed by atoms with Gasteiger partial charge in [0.1, 0.15) is 17.0 Å². The van der Waals surface area contributed by atoms with Crippen LogP contribution in [0.5, 0.6) is 0 Å². The number of amides is 1. The summed E-state index contributed by atoms with van der Waals surface area (Å²) in [6, 6.07) is 9.42. The average molecular weight is 363 g/mol. The van der Waals surface area contributed by atoms with Crippen molar-refractivity contribution < 1.29 is 4.79 Å². The van der Waals surface area contributed by atoms with E-state index in [1.807, 2.05) is 35.4 Å². The molecule has 0 N–H and O–H groups in total. The zero-order chi connectivity index (χ0) is 18.8. The highest BCUT2D eigenvalue weighted by atomic mass is 16.2. The Kier molecular flexibility index (Phi) is 4.88. The van der Waals surface area contributed by atoms with Crippen LogP contribution in [-0.2, 0) is 13.0 Å². The Morgan fingerprint density at radius 2 is 2.04 bits per heavy atom. The molecule has 0 aliphatic carbocycles.